The monoisotopic (exact) mass is 259 g/mol. The summed E-state index contributed by atoms with van der Waals surface area (Å²) < 4.78 is 7.20. The van der Waals surface area contributed by atoms with Crippen LogP contribution in [-0.4, -0.2) is 22.1 Å². The second kappa shape index (κ2) is 5.87. The SMILES string of the molecule is CCn1cc(CCc2cc(C)c(OC)cc2C)nn1. The van der Waals surface area contributed by atoms with E-state index in [4.69, 9.17) is 4.74 Å². The zero-order valence-electron chi connectivity index (χ0n) is 12.1. The summed E-state index contributed by atoms with van der Waals surface area (Å²) >= 11 is 0. The molecule has 0 saturated carbocycles. The van der Waals surface area contributed by atoms with E-state index in [1.165, 1.54) is 16.7 Å². The molecule has 1 aromatic heterocycles. The largest absolute Gasteiger partial charge is 0.496 e. The second-order valence-electron chi connectivity index (χ2n) is 4.81. The summed E-state index contributed by atoms with van der Waals surface area (Å²) in [6, 6.07) is 4.31. The molecule has 0 saturated heterocycles. The zero-order valence-corrected chi connectivity index (χ0v) is 12.1. The van der Waals surface area contributed by atoms with Gasteiger partial charge in [-0.25, -0.2) is 0 Å². The average molecular weight is 259 g/mol. The fraction of sp³-hybridized carbons (Fsp3) is 0.467. The minimum atomic E-state index is 0.869. The van der Waals surface area contributed by atoms with E-state index in [2.05, 4.69) is 43.2 Å². The van der Waals surface area contributed by atoms with Gasteiger partial charge in [0.25, 0.3) is 0 Å². The van der Waals surface area contributed by atoms with Gasteiger partial charge < -0.3 is 4.74 Å². The predicted molar refractivity (Wildman–Crippen MR) is 75.6 cm³/mol. The standard InChI is InChI=1S/C15H21N3O/c1-5-18-10-14(16-17-18)7-6-13-8-12(3)15(19-4)9-11(13)2/h8-10H,5-7H2,1-4H3. The predicted octanol–water partition coefficient (Wildman–Crippen LogP) is 2.71. The molecule has 0 unspecified atom stereocenters. The summed E-state index contributed by atoms with van der Waals surface area (Å²) in [6.07, 6.45) is 3.93. The zero-order chi connectivity index (χ0) is 13.8. The van der Waals surface area contributed by atoms with Crippen molar-refractivity contribution in [2.45, 2.75) is 40.2 Å². The fourth-order valence-corrected chi connectivity index (χ4v) is 2.21. The maximum Gasteiger partial charge on any atom is 0.122 e. The first-order chi connectivity index (χ1) is 9.13. The molecule has 0 aliphatic carbocycles. The Labute approximate surface area is 114 Å². The molecular formula is C15H21N3O. The summed E-state index contributed by atoms with van der Waals surface area (Å²) in [4.78, 5) is 0. The molecule has 4 heteroatoms. The number of hydrogen-bond donors (Lipinski definition) is 0. The van der Waals surface area contributed by atoms with Crippen molar-refractivity contribution < 1.29 is 4.74 Å². The van der Waals surface area contributed by atoms with E-state index < -0.39 is 0 Å². The van der Waals surface area contributed by atoms with Gasteiger partial charge in [-0.15, -0.1) is 5.10 Å². The van der Waals surface area contributed by atoms with Crippen LogP contribution in [-0.2, 0) is 19.4 Å². The van der Waals surface area contributed by atoms with Crippen LogP contribution < -0.4 is 4.74 Å². The Morgan fingerprint density at radius 3 is 2.58 bits per heavy atom. The highest BCUT2D eigenvalue weighted by Gasteiger charge is 2.06. The van der Waals surface area contributed by atoms with Crippen molar-refractivity contribution in [3.05, 3.63) is 40.7 Å². The summed E-state index contributed by atoms with van der Waals surface area (Å²) in [5, 5.41) is 8.24. The quantitative estimate of drug-likeness (QED) is 0.829. The lowest BCUT2D eigenvalue weighted by molar-refractivity contribution is 0.411. The van der Waals surface area contributed by atoms with Gasteiger partial charge in [-0.05, 0) is 56.4 Å². The molecule has 0 amide bonds. The lowest BCUT2D eigenvalue weighted by atomic mass is 10.00. The van der Waals surface area contributed by atoms with Gasteiger partial charge in [0, 0.05) is 12.7 Å². The smallest absolute Gasteiger partial charge is 0.122 e. The Balaban J connectivity index is 2.09. The summed E-state index contributed by atoms with van der Waals surface area (Å²) in [7, 11) is 1.71. The number of rotatable bonds is 5. The van der Waals surface area contributed by atoms with E-state index in [0.29, 0.717) is 0 Å². The van der Waals surface area contributed by atoms with E-state index in [9.17, 15) is 0 Å². The lowest BCUT2D eigenvalue weighted by Crippen LogP contribution is -1.97. The highest BCUT2D eigenvalue weighted by atomic mass is 16.5. The molecule has 0 spiro atoms. The van der Waals surface area contributed by atoms with E-state index in [0.717, 1.165) is 30.8 Å². The summed E-state index contributed by atoms with van der Waals surface area (Å²) in [5.41, 5.74) is 4.85. The van der Waals surface area contributed by atoms with Crippen molar-refractivity contribution in [1.82, 2.24) is 15.0 Å². The first-order valence-electron chi connectivity index (χ1n) is 6.67. The second-order valence-corrected chi connectivity index (χ2v) is 4.81. The molecular weight excluding hydrogens is 238 g/mol. The molecule has 102 valence electrons. The van der Waals surface area contributed by atoms with Gasteiger partial charge in [0.1, 0.15) is 5.75 Å². The van der Waals surface area contributed by atoms with Gasteiger partial charge in [-0.3, -0.25) is 4.68 Å². The van der Waals surface area contributed by atoms with Gasteiger partial charge in [-0.1, -0.05) is 11.3 Å². The Hall–Kier alpha value is -1.84. The van der Waals surface area contributed by atoms with Crippen LogP contribution in [0.5, 0.6) is 5.75 Å². The third-order valence-electron chi connectivity index (χ3n) is 3.41. The molecule has 1 heterocycles. The van der Waals surface area contributed by atoms with Gasteiger partial charge in [-0.2, -0.15) is 0 Å². The first kappa shape index (κ1) is 13.6. The van der Waals surface area contributed by atoms with Crippen LogP contribution in [0.15, 0.2) is 18.3 Å². The molecule has 0 aliphatic rings. The Morgan fingerprint density at radius 1 is 1.16 bits per heavy atom. The van der Waals surface area contributed by atoms with E-state index in [-0.39, 0.29) is 0 Å². The Bertz CT molecular complexity index is 561. The molecule has 0 fully saturated rings. The molecule has 0 radical (unpaired) electrons. The van der Waals surface area contributed by atoms with Crippen molar-refractivity contribution >= 4 is 0 Å². The Morgan fingerprint density at radius 2 is 1.95 bits per heavy atom. The van der Waals surface area contributed by atoms with Gasteiger partial charge >= 0.3 is 0 Å². The molecule has 0 bridgehead atoms. The number of aromatic nitrogens is 3. The normalized spacial score (nSPS) is 10.7. The van der Waals surface area contributed by atoms with E-state index in [1.807, 2.05) is 10.9 Å². The molecule has 2 aromatic rings. The molecule has 1 aromatic carbocycles. The third kappa shape index (κ3) is 3.13. The van der Waals surface area contributed by atoms with Crippen LogP contribution >= 0.6 is 0 Å². The topological polar surface area (TPSA) is 39.9 Å². The van der Waals surface area contributed by atoms with Crippen molar-refractivity contribution in [2.24, 2.45) is 0 Å². The fourth-order valence-electron chi connectivity index (χ4n) is 2.21. The summed E-state index contributed by atoms with van der Waals surface area (Å²) in [5.74, 6) is 0.957. The van der Waals surface area contributed by atoms with Crippen LogP contribution in [0.1, 0.15) is 29.3 Å². The highest BCUT2D eigenvalue weighted by Crippen LogP contribution is 2.23. The maximum absolute atomic E-state index is 5.34. The molecule has 19 heavy (non-hydrogen) atoms. The number of methoxy groups -OCH3 is 1. The van der Waals surface area contributed by atoms with Gasteiger partial charge in [0.15, 0.2) is 0 Å². The molecule has 4 nitrogen and oxygen atoms in total. The lowest BCUT2D eigenvalue weighted by Gasteiger charge is -2.10. The van der Waals surface area contributed by atoms with E-state index >= 15 is 0 Å². The van der Waals surface area contributed by atoms with Crippen LogP contribution in [0.3, 0.4) is 0 Å². The first-order valence-corrected chi connectivity index (χ1v) is 6.67. The van der Waals surface area contributed by atoms with Crippen molar-refractivity contribution in [3.63, 3.8) is 0 Å². The van der Waals surface area contributed by atoms with Crippen molar-refractivity contribution in [3.8, 4) is 5.75 Å². The van der Waals surface area contributed by atoms with Crippen molar-refractivity contribution in [1.29, 1.82) is 0 Å². The summed E-state index contributed by atoms with van der Waals surface area (Å²) in [6.45, 7) is 7.14. The molecule has 2 rings (SSSR count). The van der Waals surface area contributed by atoms with E-state index in [1.54, 1.807) is 7.11 Å². The highest BCUT2D eigenvalue weighted by molar-refractivity contribution is 5.41. The van der Waals surface area contributed by atoms with Crippen LogP contribution in [0.4, 0.5) is 0 Å². The van der Waals surface area contributed by atoms with Crippen LogP contribution in [0.25, 0.3) is 0 Å². The number of nitrogens with zero attached hydrogens (tertiary/aromatic N) is 3. The maximum atomic E-state index is 5.34. The van der Waals surface area contributed by atoms with Gasteiger partial charge in [0.2, 0.25) is 0 Å². The average Bonchev–Trinajstić information content (AvgIpc) is 2.87. The Kier molecular flexibility index (Phi) is 4.20. The van der Waals surface area contributed by atoms with Gasteiger partial charge in [0.05, 0.1) is 12.8 Å². The van der Waals surface area contributed by atoms with Crippen LogP contribution in [0, 0.1) is 13.8 Å². The minimum absolute atomic E-state index is 0.869. The van der Waals surface area contributed by atoms with Crippen molar-refractivity contribution in [2.75, 3.05) is 7.11 Å². The molecule has 0 atom stereocenters. The number of ether oxygens (including phenoxy) is 1. The minimum Gasteiger partial charge on any atom is -0.496 e. The number of hydrogen-bond acceptors (Lipinski definition) is 3. The number of aryl methyl sites for hydroxylation is 5. The third-order valence-corrected chi connectivity index (χ3v) is 3.41. The number of benzene rings is 1. The molecule has 0 aliphatic heterocycles. The molecule has 0 N–H and O–H groups in total. The van der Waals surface area contributed by atoms with Crippen LogP contribution in [0.2, 0.25) is 0 Å².